The highest BCUT2D eigenvalue weighted by atomic mass is 19.1. The third-order valence-corrected chi connectivity index (χ3v) is 7.92. The highest BCUT2D eigenvalue weighted by molar-refractivity contribution is 6.12. The highest BCUT2D eigenvalue weighted by Crippen LogP contribution is 2.43. The number of rotatable bonds is 9. The third-order valence-electron chi connectivity index (χ3n) is 7.92. The van der Waals surface area contributed by atoms with Crippen LogP contribution in [0.2, 0.25) is 0 Å². The van der Waals surface area contributed by atoms with Gasteiger partial charge in [-0.25, -0.2) is 4.39 Å². The summed E-state index contributed by atoms with van der Waals surface area (Å²) in [6.45, 7) is 13.7. The SMILES string of the molecule is CC(C)c1c(C(=O)Nc2ccccc2)c(-c2ccccc2)c(-c2ccc(F)cc2)n1CC1CC(CC(=O)OC(C)(C)C)OC(C)(C)O1. The number of hydrogen-bond acceptors (Lipinski definition) is 5. The van der Waals surface area contributed by atoms with Crippen molar-refractivity contribution in [2.75, 3.05) is 5.32 Å². The first-order valence-electron chi connectivity index (χ1n) is 16.2. The van der Waals surface area contributed by atoms with Crippen molar-refractivity contribution >= 4 is 17.6 Å². The van der Waals surface area contributed by atoms with E-state index in [2.05, 4.69) is 23.7 Å². The summed E-state index contributed by atoms with van der Waals surface area (Å²) in [5.74, 6) is -1.96. The monoisotopic (exact) mass is 640 g/mol. The lowest BCUT2D eigenvalue weighted by atomic mass is 9.94. The molecule has 1 N–H and O–H groups in total. The average Bonchev–Trinajstić information content (AvgIpc) is 3.31. The number of benzene rings is 3. The van der Waals surface area contributed by atoms with E-state index in [0.29, 0.717) is 24.2 Å². The average molecular weight is 641 g/mol. The molecular formula is C39H45FN2O5. The summed E-state index contributed by atoms with van der Waals surface area (Å²) in [4.78, 5) is 27.2. The van der Waals surface area contributed by atoms with Gasteiger partial charge in [0, 0.05) is 29.9 Å². The Bertz CT molecular complexity index is 1690. The van der Waals surface area contributed by atoms with Crippen LogP contribution in [0.3, 0.4) is 0 Å². The Morgan fingerprint density at radius 3 is 2.11 bits per heavy atom. The molecule has 1 aliphatic heterocycles. The summed E-state index contributed by atoms with van der Waals surface area (Å²) in [6.07, 6.45) is -0.272. The number of carbonyl (C=O) groups excluding carboxylic acids is 2. The zero-order chi connectivity index (χ0) is 33.9. The van der Waals surface area contributed by atoms with Crippen LogP contribution in [0.1, 0.15) is 83.3 Å². The van der Waals surface area contributed by atoms with E-state index in [1.807, 2.05) is 95.3 Å². The number of esters is 1. The minimum absolute atomic E-state index is 0.0754. The van der Waals surface area contributed by atoms with Crippen LogP contribution in [0.5, 0.6) is 0 Å². The quantitative estimate of drug-likeness (QED) is 0.185. The standard InChI is InChI=1S/C39H45FN2O5/c1-25(2)35-34(37(44)41-29-16-12-9-13-17-29)33(26-14-10-8-11-15-26)36(27-18-20-28(40)21-19-27)42(35)24-31-22-30(45-39(6,7)46-31)23-32(43)47-38(3,4)5/h8-21,25,30-31H,22-24H2,1-7H3,(H,41,44). The summed E-state index contributed by atoms with van der Waals surface area (Å²) < 4.78 is 34.7. The predicted octanol–water partition coefficient (Wildman–Crippen LogP) is 8.98. The molecule has 1 aromatic heterocycles. The van der Waals surface area contributed by atoms with E-state index in [1.165, 1.54) is 12.1 Å². The summed E-state index contributed by atoms with van der Waals surface area (Å²) in [6, 6.07) is 25.5. The molecule has 0 spiro atoms. The number of amides is 1. The van der Waals surface area contributed by atoms with Crippen LogP contribution in [0.25, 0.3) is 22.4 Å². The van der Waals surface area contributed by atoms with Crippen LogP contribution < -0.4 is 5.32 Å². The van der Waals surface area contributed by atoms with Crippen LogP contribution >= 0.6 is 0 Å². The molecule has 0 aliphatic carbocycles. The molecule has 5 rings (SSSR count). The maximum absolute atomic E-state index is 14.4. The lowest BCUT2D eigenvalue weighted by molar-refractivity contribution is -0.301. The topological polar surface area (TPSA) is 78.8 Å². The van der Waals surface area contributed by atoms with Gasteiger partial charge in [-0.2, -0.15) is 0 Å². The number of ether oxygens (including phenoxy) is 3. The van der Waals surface area contributed by atoms with E-state index < -0.39 is 17.5 Å². The summed E-state index contributed by atoms with van der Waals surface area (Å²) in [5, 5.41) is 3.11. The minimum Gasteiger partial charge on any atom is -0.460 e. The minimum atomic E-state index is -0.966. The van der Waals surface area contributed by atoms with E-state index >= 15 is 0 Å². The van der Waals surface area contributed by atoms with E-state index in [1.54, 1.807) is 12.1 Å². The Morgan fingerprint density at radius 1 is 0.915 bits per heavy atom. The Hall–Kier alpha value is -4.27. The van der Waals surface area contributed by atoms with Crippen molar-refractivity contribution in [1.82, 2.24) is 4.57 Å². The summed E-state index contributed by atoms with van der Waals surface area (Å²) >= 11 is 0. The van der Waals surface area contributed by atoms with Gasteiger partial charge in [0.2, 0.25) is 0 Å². The number of para-hydroxylation sites is 1. The molecule has 2 heterocycles. The predicted molar refractivity (Wildman–Crippen MR) is 183 cm³/mol. The van der Waals surface area contributed by atoms with E-state index in [-0.39, 0.29) is 36.1 Å². The van der Waals surface area contributed by atoms with Crippen LogP contribution in [0.15, 0.2) is 84.9 Å². The lowest BCUT2D eigenvalue weighted by Gasteiger charge is -2.41. The van der Waals surface area contributed by atoms with Crippen LogP contribution in [-0.4, -0.2) is 40.0 Å². The Morgan fingerprint density at radius 2 is 1.51 bits per heavy atom. The fourth-order valence-electron chi connectivity index (χ4n) is 6.40. The molecule has 0 saturated carbocycles. The molecule has 2 atom stereocenters. The number of aromatic nitrogens is 1. The smallest absolute Gasteiger partial charge is 0.308 e. The fourth-order valence-corrected chi connectivity index (χ4v) is 6.40. The normalized spacial score (nSPS) is 17.8. The molecule has 1 saturated heterocycles. The zero-order valence-electron chi connectivity index (χ0n) is 28.3. The van der Waals surface area contributed by atoms with Crippen molar-refractivity contribution < 1.29 is 28.2 Å². The third kappa shape index (κ3) is 8.37. The first-order valence-corrected chi connectivity index (χ1v) is 16.2. The number of carbonyl (C=O) groups is 2. The molecule has 2 unspecified atom stereocenters. The summed E-state index contributed by atoms with van der Waals surface area (Å²) in [5.41, 5.74) is 4.62. The Balaban J connectivity index is 1.66. The van der Waals surface area contributed by atoms with Crippen molar-refractivity contribution in [2.45, 2.75) is 97.4 Å². The zero-order valence-corrected chi connectivity index (χ0v) is 28.3. The maximum atomic E-state index is 14.4. The molecule has 248 valence electrons. The first kappa shape index (κ1) is 34.1. The van der Waals surface area contributed by atoms with Crippen molar-refractivity contribution in [1.29, 1.82) is 0 Å². The summed E-state index contributed by atoms with van der Waals surface area (Å²) in [7, 11) is 0. The van der Waals surface area contributed by atoms with Crippen LogP contribution in [0.4, 0.5) is 10.1 Å². The fraction of sp³-hybridized carbons (Fsp3) is 0.385. The number of halogens is 1. The van der Waals surface area contributed by atoms with E-state index in [9.17, 15) is 14.0 Å². The van der Waals surface area contributed by atoms with Crippen molar-refractivity contribution in [3.05, 3.63) is 102 Å². The second-order valence-electron chi connectivity index (χ2n) is 13.8. The molecule has 4 aromatic rings. The molecule has 0 bridgehead atoms. The first-order chi connectivity index (χ1) is 22.2. The molecule has 0 radical (unpaired) electrons. The van der Waals surface area contributed by atoms with Crippen LogP contribution in [0, 0.1) is 5.82 Å². The Kier molecular flexibility index (Phi) is 10.0. The van der Waals surface area contributed by atoms with Gasteiger partial charge >= 0.3 is 5.97 Å². The van der Waals surface area contributed by atoms with Gasteiger partial charge in [0.05, 0.1) is 29.9 Å². The molecule has 47 heavy (non-hydrogen) atoms. The van der Waals surface area contributed by atoms with Gasteiger partial charge < -0.3 is 24.1 Å². The van der Waals surface area contributed by atoms with E-state index in [0.717, 1.165) is 28.1 Å². The van der Waals surface area contributed by atoms with Gasteiger partial charge in [0.1, 0.15) is 11.4 Å². The number of nitrogens with zero attached hydrogens (tertiary/aromatic N) is 1. The van der Waals surface area contributed by atoms with Crippen LogP contribution in [-0.2, 0) is 25.5 Å². The maximum Gasteiger partial charge on any atom is 0.308 e. The number of anilines is 1. The lowest BCUT2D eigenvalue weighted by Crippen LogP contribution is -2.47. The van der Waals surface area contributed by atoms with Gasteiger partial charge in [-0.3, -0.25) is 9.59 Å². The molecule has 7 nitrogen and oxygen atoms in total. The van der Waals surface area contributed by atoms with Crippen molar-refractivity contribution in [3.63, 3.8) is 0 Å². The van der Waals surface area contributed by atoms with Gasteiger partial charge in [0.15, 0.2) is 5.79 Å². The van der Waals surface area contributed by atoms with Gasteiger partial charge in [-0.05, 0) is 88.1 Å². The van der Waals surface area contributed by atoms with Gasteiger partial charge in [-0.1, -0.05) is 62.4 Å². The van der Waals surface area contributed by atoms with Gasteiger partial charge in [-0.15, -0.1) is 0 Å². The van der Waals surface area contributed by atoms with Crippen molar-refractivity contribution in [3.8, 4) is 22.4 Å². The molecule has 8 heteroatoms. The molecule has 3 aromatic carbocycles. The molecule has 1 aliphatic rings. The number of hydrogen-bond donors (Lipinski definition) is 1. The van der Waals surface area contributed by atoms with Gasteiger partial charge in [0.25, 0.3) is 5.91 Å². The highest BCUT2D eigenvalue weighted by Gasteiger charge is 2.39. The largest absolute Gasteiger partial charge is 0.460 e. The Labute approximate surface area is 277 Å². The molecule has 1 fully saturated rings. The number of nitrogens with one attached hydrogen (secondary N) is 1. The van der Waals surface area contributed by atoms with E-state index in [4.69, 9.17) is 14.2 Å². The van der Waals surface area contributed by atoms with Crippen molar-refractivity contribution in [2.24, 2.45) is 0 Å². The molecule has 1 amide bonds. The second kappa shape index (κ2) is 13.8. The molecular weight excluding hydrogens is 595 g/mol. The second-order valence-corrected chi connectivity index (χ2v) is 13.8.